The summed E-state index contributed by atoms with van der Waals surface area (Å²) in [6, 6.07) is 7.08. The lowest BCUT2D eigenvalue weighted by atomic mass is 10.2. The minimum absolute atomic E-state index is 0.648. The van der Waals surface area contributed by atoms with Gasteiger partial charge in [-0.1, -0.05) is 11.9 Å². The predicted molar refractivity (Wildman–Crippen MR) is 41.1 cm³/mol. The summed E-state index contributed by atoms with van der Waals surface area (Å²) in [6.07, 6.45) is 0.796. The first-order chi connectivity index (χ1) is 4.86. The molecular weight excluding hydrogens is 148 g/mol. The zero-order valence-electron chi connectivity index (χ0n) is 5.25. The molecule has 0 saturated carbocycles. The van der Waals surface area contributed by atoms with Crippen LogP contribution in [-0.2, 0) is 0 Å². The van der Waals surface area contributed by atoms with Crippen molar-refractivity contribution < 1.29 is 4.79 Å². The summed E-state index contributed by atoms with van der Waals surface area (Å²) in [4.78, 5) is 10.2. The summed E-state index contributed by atoms with van der Waals surface area (Å²) in [5.74, 6) is 1.44. The van der Waals surface area contributed by atoms with Crippen molar-refractivity contribution in [3.63, 3.8) is 0 Å². The Morgan fingerprint density at radius 3 is 2.90 bits per heavy atom. The molecule has 0 N–H and O–H groups in total. The summed E-state index contributed by atoms with van der Waals surface area (Å²) in [5.41, 5.74) is 1.50. The molecule has 10 heavy (non-hydrogen) atoms. The minimum atomic E-state index is 0.648. The van der Waals surface area contributed by atoms with Crippen molar-refractivity contribution in [2.24, 2.45) is 0 Å². The van der Waals surface area contributed by atoms with Crippen LogP contribution >= 0.6 is 11.6 Å². The van der Waals surface area contributed by atoms with E-state index in [4.69, 9.17) is 11.6 Å². The first-order valence-electron chi connectivity index (χ1n) is 2.85. The van der Waals surface area contributed by atoms with E-state index in [9.17, 15) is 4.79 Å². The van der Waals surface area contributed by atoms with E-state index >= 15 is 0 Å². The normalized spacial score (nSPS) is 8.90. The lowest BCUT2D eigenvalue weighted by Gasteiger charge is -2.03. The standard InChI is InChI=1S/C8H6ClO/c9-5-7-2-1-3-8(4-7)6-10/h1-6H/q-1. The number of hydrogen-bond donors (Lipinski definition) is 0. The van der Waals surface area contributed by atoms with Gasteiger partial charge in [-0.2, -0.15) is 29.3 Å². The molecule has 1 aromatic carbocycles. The fraction of sp³-hybridized carbons (Fsp3) is 0. The second kappa shape index (κ2) is 3.28. The van der Waals surface area contributed by atoms with Crippen LogP contribution in [0.3, 0.4) is 0 Å². The Balaban J connectivity index is 2.98. The van der Waals surface area contributed by atoms with Crippen molar-refractivity contribution in [1.82, 2.24) is 0 Å². The third-order valence-corrected chi connectivity index (χ3v) is 1.42. The van der Waals surface area contributed by atoms with Gasteiger partial charge in [0.15, 0.2) is 0 Å². The quantitative estimate of drug-likeness (QED) is 0.471. The van der Waals surface area contributed by atoms with E-state index in [-0.39, 0.29) is 0 Å². The van der Waals surface area contributed by atoms with Crippen molar-refractivity contribution in [3.8, 4) is 0 Å². The van der Waals surface area contributed by atoms with Crippen LogP contribution in [0.5, 0.6) is 0 Å². The van der Waals surface area contributed by atoms with Crippen LogP contribution in [0.25, 0.3) is 0 Å². The van der Waals surface area contributed by atoms with Gasteiger partial charge < -0.3 is 0 Å². The number of carbonyl (C=O) groups is 1. The van der Waals surface area contributed by atoms with Gasteiger partial charge in [-0.25, -0.2) is 0 Å². The zero-order valence-corrected chi connectivity index (χ0v) is 6.01. The average molecular weight is 154 g/mol. The fourth-order valence-corrected chi connectivity index (χ4v) is 0.836. The lowest BCUT2D eigenvalue weighted by Crippen LogP contribution is -1.80. The number of aldehydes is 1. The maximum atomic E-state index is 10.2. The molecule has 0 aliphatic heterocycles. The van der Waals surface area contributed by atoms with E-state index in [1.807, 2.05) is 6.07 Å². The van der Waals surface area contributed by atoms with Crippen LogP contribution in [0.2, 0.25) is 0 Å². The molecule has 0 bridgehead atoms. The molecule has 0 aliphatic rings. The number of rotatable bonds is 2. The highest BCUT2D eigenvalue weighted by atomic mass is 35.5. The van der Waals surface area contributed by atoms with Gasteiger partial charge in [0, 0.05) is 0 Å². The second-order valence-electron chi connectivity index (χ2n) is 1.90. The predicted octanol–water partition coefficient (Wildman–Crippen LogP) is 2.25. The Morgan fingerprint density at radius 1 is 1.50 bits per heavy atom. The van der Waals surface area contributed by atoms with Gasteiger partial charge in [0.1, 0.15) is 6.29 Å². The van der Waals surface area contributed by atoms with Crippen LogP contribution in [0.4, 0.5) is 0 Å². The van der Waals surface area contributed by atoms with Crippen molar-refractivity contribution in [1.29, 1.82) is 0 Å². The van der Waals surface area contributed by atoms with E-state index in [1.165, 1.54) is 5.88 Å². The van der Waals surface area contributed by atoms with E-state index in [0.717, 1.165) is 11.8 Å². The van der Waals surface area contributed by atoms with Crippen molar-refractivity contribution >= 4 is 17.9 Å². The largest absolute Gasteiger partial charge is 0.299 e. The molecule has 0 spiro atoms. The SMILES string of the molecule is O=Cc1cccc([CH-]Cl)c1. The number of carbonyl (C=O) groups excluding carboxylic acids is 1. The third-order valence-electron chi connectivity index (χ3n) is 1.17. The van der Waals surface area contributed by atoms with Crippen molar-refractivity contribution in [2.75, 3.05) is 0 Å². The minimum Gasteiger partial charge on any atom is -0.299 e. The van der Waals surface area contributed by atoms with Gasteiger partial charge in [0.25, 0.3) is 0 Å². The Morgan fingerprint density at radius 2 is 2.30 bits per heavy atom. The molecule has 0 aromatic heterocycles. The van der Waals surface area contributed by atoms with Crippen LogP contribution in [0.1, 0.15) is 15.9 Å². The van der Waals surface area contributed by atoms with E-state index in [2.05, 4.69) is 0 Å². The molecule has 52 valence electrons. The summed E-state index contributed by atoms with van der Waals surface area (Å²) < 4.78 is 0. The summed E-state index contributed by atoms with van der Waals surface area (Å²) >= 11 is 5.41. The molecule has 0 aliphatic carbocycles. The van der Waals surface area contributed by atoms with Crippen LogP contribution in [0.15, 0.2) is 24.3 Å². The van der Waals surface area contributed by atoms with E-state index in [1.54, 1.807) is 18.2 Å². The molecule has 0 saturated heterocycles. The molecular formula is C8H6ClO-. The van der Waals surface area contributed by atoms with Gasteiger partial charge in [0.05, 0.1) is 0 Å². The third kappa shape index (κ3) is 1.52. The monoisotopic (exact) mass is 153 g/mol. The van der Waals surface area contributed by atoms with Gasteiger partial charge in [-0.15, -0.1) is 6.07 Å². The zero-order chi connectivity index (χ0) is 7.40. The van der Waals surface area contributed by atoms with Gasteiger partial charge in [-0.3, -0.25) is 4.79 Å². The molecule has 0 amide bonds. The lowest BCUT2D eigenvalue weighted by molar-refractivity contribution is 0.112. The molecule has 1 rings (SSSR count). The van der Waals surface area contributed by atoms with E-state index in [0.29, 0.717) is 5.56 Å². The Hall–Kier alpha value is -0.950. The van der Waals surface area contributed by atoms with Gasteiger partial charge in [0.2, 0.25) is 0 Å². The maximum absolute atomic E-state index is 10.2. The van der Waals surface area contributed by atoms with Crippen LogP contribution in [-0.4, -0.2) is 6.29 Å². The Labute approximate surface area is 64.6 Å². The van der Waals surface area contributed by atoms with Crippen LogP contribution < -0.4 is 0 Å². The highest BCUT2D eigenvalue weighted by Crippen LogP contribution is 2.07. The smallest absolute Gasteiger partial charge is 0.137 e. The van der Waals surface area contributed by atoms with Gasteiger partial charge >= 0.3 is 0 Å². The second-order valence-corrected chi connectivity index (χ2v) is 2.12. The Kier molecular flexibility index (Phi) is 2.35. The molecule has 0 unspecified atom stereocenters. The van der Waals surface area contributed by atoms with Crippen molar-refractivity contribution in [3.05, 3.63) is 41.3 Å². The molecule has 0 fully saturated rings. The molecule has 1 aromatic rings. The Bertz CT molecular complexity index is 232. The van der Waals surface area contributed by atoms with E-state index < -0.39 is 0 Å². The highest BCUT2D eigenvalue weighted by molar-refractivity contribution is 6.25. The van der Waals surface area contributed by atoms with Gasteiger partial charge in [-0.05, 0) is 5.56 Å². The topological polar surface area (TPSA) is 17.1 Å². The maximum Gasteiger partial charge on any atom is 0.137 e. The first kappa shape index (κ1) is 7.16. The van der Waals surface area contributed by atoms with Crippen molar-refractivity contribution in [2.45, 2.75) is 0 Å². The van der Waals surface area contributed by atoms with Crippen LogP contribution in [0, 0.1) is 5.88 Å². The molecule has 2 heteroatoms. The molecule has 0 atom stereocenters. The highest BCUT2D eigenvalue weighted by Gasteiger charge is 1.82. The first-order valence-corrected chi connectivity index (χ1v) is 3.29. The summed E-state index contributed by atoms with van der Waals surface area (Å²) in [5, 5.41) is 0. The molecule has 0 radical (unpaired) electrons. The average Bonchev–Trinajstić information content (AvgIpc) is 2.05. The fourth-order valence-electron chi connectivity index (χ4n) is 0.700. The number of benzene rings is 1. The molecule has 0 heterocycles. The number of hydrogen-bond acceptors (Lipinski definition) is 1. The molecule has 1 nitrogen and oxygen atoms in total. The summed E-state index contributed by atoms with van der Waals surface area (Å²) in [6.45, 7) is 0. The number of halogens is 1. The summed E-state index contributed by atoms with van der Waals surface area (Å²) in [7, 11) is 0.